The molecule has 24 heavy (non-hydrogen) atoms. The average molecular weight is 331 g/mol. The zero-order valence-corrected chi connectivity index (χ0v) is 14.7. The van der Waals surface area contributed by atoms with E-state index >= 15 is 0 Å². The van der Waals surface area contributed by atoms with Crippen LogP contribution in [0.25, 0.3) is 0 Å². The quantitative estimate of drug-likeness (QED) is 0.713. The van der Waals surface area contributed by atoms with Crippen LogP contribution >= 0.6 is 0 Å². The predicted octanol–water partition coefficient (Wildman–Crippen LogP) is 1.77. The number of hydrogen-bond donors (Lipinski definition) is 3. The molecule has 2 rings (SSSR count). The molecule has 0 aliphatic carbocycles. The van der Waals surface area contributed by atoms with Crippen molar-refractivity contribution in [2.45, 2.75) is 64.1 Å². The Morgan fingerprint density at radius 3 is 2.71 bits per heavy atom. The maximum absolute atomic E-state index is 12.6. The van der Waals surface area contributed by atoms with Crippen molar-refractivity contribution >= 4 is 11.8 Å². The van der Waals surface area contributed by atoms with Gasteiger partial charge in [-0.1, -0.05) is 43.7 Å². The van der Waals surface area contributed by atoms with Gasteiger partial charge in [0.15, 0.2) is 0 Å². The molecule has 3 atom stereocenters. The fourth-order valence-corrected chi connectivity index (χ4v) is 3.11. The molecule has 1 fully saturated rings. The summed E-state index contributed by atoms with van der Waals surface area (Å²) in [6.07, 6.45) is 3.85. The van der Waals surface area contributed by atoms with Crippen LogP contribution in [0.3, 0.4) is 0 Å². The molecule has 5 heteroatoms. The van der Waals surface area contributed by atoms with E-state index in [0.29, 0.717) is 12.8 Å². The molecule has 3 unspecified atom stereocenters. The van der Waals surface area contributed by atoms with Gasteiger partial charge in [-0.3, -0.25) is 9.59 Å². The van der Waals surface area contributed by atoms with Crippen LogP contribution < -0.4 is 16.0 Å². The third-order valence-corrected chi connectivity index (χ3v) is 4.53. The number of rotatable bonds is 7. The maximum Gasteiger partial charge on any atom is 0.242 e. The Bertz CT molecular complexity index is 533. The van der Waals surface area contributed by atoms with Crippen molar-refractivity contribution in [3.63, 3.8) is 0 Å². The first kappa shape index (κ1) is 18.5. The molecule has 1 heterocycles. The molecule has 132 valence electrons. The van der Waals surface area contributed by atoms with E-state index in [1.807, 2.05) is 37.3 Å². The first-order chi connectivity index (χ1) is 11.6. The highest BCUT2D eigenvalue weighted by Crippen LogP contribution is 2.09. The van der Waals surface area contributed by atoms with Gasteiger partial charge in [-0.25, -0.2) is 0 Å². The van der Waals surface area contributed by atoms with Gasteiger partial charge in [0.25, 0.3) is 0 Å². The lowest BCUT2D eigenvalue weighted by Gasteiger charge is -2.32. The number of amides is 2. The van der Waals surface area contributed by atoms with Crippen LogP contribution in [0.1, 0.15) is 45.1 Å². The molecular formula is C19H29N3O2. The zero-order valence-electron chi connectivity index (χ0n) is 14.7. The van der Waals surface area contributed by atoms with Gasteiger partial charge in [0.2, 0.25) is 11.8 Å². The Balaban J connectivity index is 1.89. The molecule has 0 bridgehead atoms. The molecule has 0 aromatic heterocycles. The Morgan fingerprint density at radius 1 is 1.29 bits per heavy atom. The van der Waals surface area contributed by atoms with Gasteiger partial charge >= 0.3 is 0 Å². The summed E-state index contributed by atoms with van der Waals surface area (Å²) in [4.78, 5) is 24.8. The van der Waals surface area contributed by atoms with Gasteiger partial charge in [-0.15, -0.1) is 0 Å². The third kappa shape index (κ3) is 5.64. The predicted molar refractivity (Wildman–Crippen MR) is 95.6 cm³/mol. The Hall–Kier alpha value is -1.88. The minimum Gasteiger partial charge on any atom is -0.350 e. The minimum absolute atomic E-state index is 0.0705. The van der Waals surface area contributed by atoms with E-state index in [1.165, 1.54) is 0 Å². The number of carbonyl (C=O) groups excluding carboxylic acids is 2. The fourth-order valence-electron chi connectivity index (χ4n) is 3.11. The lowest BCUT2D eigenvalue weighted by molar-refractivity contribution is -0.129. The van der Waals surface area contributed by atoms with E-state index in [0.717, 1.165) is 31.4 Å². The fraction of sp³-hybridized carbons (Fsp3) is 0.579. The monoisotopic (exact) mass is 331 g/mol. The van der Waals surface area contributed by atoms with E-state index in [9.17, 15) is 9.59 Å². The smallest absolute Gasteiger partial charge is 0.242 e. The highest BCUT2D eigenvalue weighted by molar-refractivity contribution is 5.88. The molecule has 5 nitrogen and oxygen atoms in total. The molecule has 3 N–H and O–H groups in total. The summed E-state index contributed by atoms with van der Waals surface area (Å²) in [7, 11) is 0. The minimum atomic E-state index is -0.458. The number of nitrogens with one attached hydrogen (secondary N) is 3. The van der Waals surface area contributed by atoms with Gasteiger partial charge < -0.3 is 16.0 Å². The molecule has 1 saturated heterocycles. The lowest BCUT2D eigenvalue weighted by Crippen LogP contribution is -2.56. The lowest BCUT2D eigenvalue weighted by atomic mass is 9.99. The molecule has 1 aliphatic rings. The summed E-state index contributed by atoms with van der Waals surface area (Å²) < 4.78 is 0. The topological polar surface area (TPSA) is 70.2 Å². The molecular weight excluding hydrogens is 302 g/mol. The Labute approximate surface area is 144 Å². The van der Waals surface area contributed by atoms with Crippen LogP contribution in [-0.2, 0) is 16.0 Å². The van der Waals surface area contributed by atoms with Crippen molar-refractivity contribution < 1.29 is 9.59 Å². The largest absolute Gasteiger partial charge is 0.350 e. The van der Waals surface area contributed by atoms with Crippen LogP contribution in [0.4, 0.5) is 0 Å². The number of hydrogen-bond acceptors (Lipinski definition) is 3. The molecule has 0 spiro atoms. The highest BCUT2D eigenvalue weighted by Gasteiger charge is 2.26. The zero-order chi connectivity index (χ0) is 17.4. The Morgan fingerprint density at radius 2 is 2.04 bits per heavy atom. The molecule has 1 aliphatic heterocycles. The SMILES string of the molecule is CCCC(NC(=O)Cc1ccccc1)C(=O)NC1CCCNC1C. The molecule has 2 amide bonds. The normalized spacial score (nSPS) is 21.8. The standard InChI is InChI=1S/C19H29N3O2/c1-3-8-17(19(24)22-16-11-7-12-20-14(16)2)21-18(23)13-15-9-5-4-6-10-15/h4-6,9-10,14,16-17,20H,3,7-8,11-13H2,1-2H3,(H,21,23)(H,22,24). The second kappa shape index (κ2) is 9.42. The van der Waals surface area contributed by atoms with Crippen molar-refractivity contribution in [2.24, 2.45) is 0 Å². The number of benzene rings is 1. The summed E-state index contributed by atoms with van der Waals surface area (Å²) >= 11 is 0. The van der Waals surface area contributed by atoms with Crippen molar-refractivity contribution in [1.29, 1.82) is 0 Å². The summed E-state index contributed by atoms with van der Waals surface area (Å²) in [6.45, 7) is 5.11. The van der Waals surface area contributed by atoms with Crippen molar-refractivity contribution in [2.75, 3.05) is 6.54 Å². The van der Waals surface area contributed by atoms with E-state index in [4.69, 9.17) is 0 Å². The second-order valence-electron chi connectivity index (χ2n) is 6.57. The van der Waals surface area contributed by atoms with Crippen molar-refractivity contribution in [3.8, 4) is 0 Å². The summed E-state index contributed by atoms with van der Waals surface area (Å²) in [5.41, 5.74) is 0.954. The number of piperidine rings is 1. The van der Waals surface area contributed by atoms with Crippen LogP contribution in [0.5, 0.6) is 0 Å². The van der Waals surface area contributed by atoms with Gasteiger partial charge in [0, 0.05) is 12.1 Å². The van der Waals surface area contributed by atoms with Crippen LogP contribution in [0.15, 0.2) is 30.3 Å². The van der Waals surface area contributed by atoms with E-state index < -0.39 is 6.04 Å². The first-order valence-electron chi connectivity index (χ1n) is 8.97. The first-order valence-corrected chi connectivity index (χ1v) is 8.97. The highest BCUT2D eigenvalue weighted by atomic mass is 16.2. The number of carbonyl (C=O) groups is 2. The third-order valence-electron chi connectivity index (χ3n) is 4.53. The molecule has 0 saturated carbocycles. The van der Waals surface area contributed by atoms with Crippen LogP contribution in [0, 0.1) is 0 Å². The molecule has 1 aromatic carbocycles. The second-order valence-corrected chi connectivity index (χ2v) is 6.57. The molecule has 1 aromatic rings. The van der Waals surface area contributed by atoms with Gasteiger partial charge in [0.1, 0.15) is 6.04 Å². The van der Waals surface area contributed by atoms with E-state index in [1.54, 1.807) is 0 Å². The van der Waals surface area contributed by atoms with E-state index in [-0.39, 0.29) is 23.9 Å². The maximum atomic E-state index is 12.6. The molecule has 0 radical (unpaired) electrons. The summed E-state index contributed by atoms with van der Waals surface area (Å²) in [5.74, 6) is -0.177. The van der Waals surface area contributed by atoms with Gasteiger partial charge in [0.05, 0.1) is 6.42 Å². The van der Waals surface area contributed by atoms with Gasteiger partial charge in [-0.2, -0.15) is 0 Å². The van der Waals surface area contributed by atoms with Crippen molar-refractivity contribution in [1.82, 2.24) is 16.0 Å². The van der Waals surface area contributed by atoms with Crippen LogP contribution in [-0.4, -0.2) is 36.5 Å². The average Bonchev–Trinajstić information content (AvgIpc) is 2.57. The van der Waals surface area contributed by atoms with Crippen LogP contribution in [0.2, 0.25) is 0 Å². The summed E-state index contributed by atoms with van der Waals surface area (Å²) in [5, 5.41) is 9.39. The van der Waals surface area contributed by atoms with Crippen molar-refractivity contribution in [3.05, 3.63) is 35.9 Å². The Kier molecular flexibility index (Phi) is 7.25. The van der Waals surface area contributed by atoms with Gasteiger partial charge in [-0.05, 0) is 38.3 Å². The van der Waals surface area contributed by atoms with E-state index in [2.05, 4.69) is 22.9 Å². The summed E-state index contributed by atoms with van der Waals surface area (Å²) in [6, 6.07) is 9.54.